The molecule has 0 aliphatic heterocycles. The highest BCUT2D eigenvalue weighted by molar-refractivity contribution is 5.81. The second kappa shape index (κ2) is 9.51. The molecule has 4 heteroatoms. The summed E-state index contributed by atoms with van der Waals surface area (Å²) in [5.74, 6) is 0.607. The van der Waals surface area contributed by atoms with Crippen molar-refractivity contribution in [3.63, 3.8) is 0 Å². The molecule has 0 bridgehead atoms. The van der Waals surface area contributed by atoms with Gasteiger partial charge in [0.15, 0.2) is 0 Å². The van der Waals surface area contributed by atoms with Crippen LogP contribution in [0.1, 0.15) is 42.7 Å². The van der Waals surface area contributed by atoms with Gasteiger partial charge in [0.1, 0.15) is 0 Å². The predicted octanol–water partition coefficient (Wildman–Crippen LogP) is 2.95. The van der Waals surface area contributed by atoms with Crippen LogP contribution in [0.3, 0.4) is 0 Å². The SMILES string of the molecule is N[C@@H](CCCCNC1CC1c1ccccc1)C(=O)NCc1ccccc1. The Kier molecular flexibility index (Phi) is 6.81. The van der Waals surface area contributed by atoms with Crippen molar-refractivity contribution in [2.45, 2.75) is 50.2 Å². The minimum atomic E-state index is -0.420. The van der Waals surface area contributed by atoms with Crippen LogP contribution in [-0.4, -0.2) is 24.5 Å². The lowest BCUT2D eigenvalue weighted by molar-refractivity contribution is -0.122. The van der Waals surface area contributed by atoms with Gasteiger partial charge < -0.3 is 16.4 Å². The molecule has 4 nitrogen and oxygen atoms in total. The number of amides is 1. The lowest BCUT2D eigenvalue weighted by atomic mass is 10.1. The first-order valence-electron chi connectivity index (χ1n) is 9.59. The largest absolute Gasteiger partial charge is 0.351 e. The fourth-order valence-corrected chi connectivity index (χ4v) is 3.31. The highest BCUT2D eigenvalue weighted by Crippen LogP contribution is 2.40. The Balaban J connectivity index is 1.24. The molecule has 1 saturated carbocycles. The van der Waals surface area contributed by atoms with E-state index in [1.807, 2.05) is 30.3 Å². The van der Waals surface area contributed by atoms with E-state index in [-0.39, 0.29) is 5.91 Å². The third kappa shape index (κ3) is 5.68. The average Bonchev–Trinajstić information content (AvgIpc) is 3.47. The standard InChI is InChI=1S/C22H29N3O/c23-20(22(26)25-16-17-9-3-1-4-10-17)13-7-8-14-24-21-15-19(21)18-11-5-2-6-12-18/h1-6,9-12,19-21,24H,7-8,13-16,23H2,(H,25,26)/t19?,20-,21?/m0/s1. The van der Waals surface area contributed by atoms with Crippen molar-refractivity contribution in [1.29, 1.82) is 0 Å². The molecule has 3 atom stereocenters. The van der Waals surface area contributed by atoms with E-state index >= 15 is 0 Å². The molecule has 2 unspecified atom stereocenters. The molecule has 0 spiro atoms. The molecule has 138 valence electrons. The highest BCUT2D eigenvalue weighted by atomic mass is 16.2. The molecular weight excluding hydrogens is 322 g/mol. The Hall–Kier alpha value is -2.17. The van der Waals surface area contributed by atoms with Crippen molar-refractivity contribution >= 4 is 5.91 Å². The van der Waals surface area contributed by atoms with Crippen LogP contribution in [0.2, 0.25) is 0 Å². The minimum absolute atomic E-state index is 0.0619. The third-order valence-corrected chi connectivity index (χ3v) is 5.01. The van der Waals surface area contributed by atoms with Crippen molar-refractivity contribution in [1.82, 2.24) is 10.6 Å². The second-order valence-corrected chi connectivity index (χ2v) is 7.12. The van der Waals surface area contributed by atoms with Crippen molar-refractivity contribution < 1.29 is 4.79 Å². The van der Waals surface area contributed by atoms with Crippen LogP contribution < -0.4 is 16.4 Å². The maximum atomic E-state index is 12.0. The van der Waals surface area contributed by atoms with Crippen LogP contribution in [-0.2, 0) is 11.3 Å². The van der Waals surface area contributed by atoms with Gasteiger partial charge in [-0.1, -0.05) is 67.1 Å². The number of carbonyl (C=O) groups excluding carboxylic acids is 1. The number of unbranched alkanes of at least 4 members (excludes halogenated alkanes) is 1. The predicted molar refractivity (Wildman–Crippen MR) is 106 cm³/mol. The second-order valence-electron chi connectivity index (χ2n) is 7.12. The number of nitrogens with one attached hydrogen (secondary N) is 2. The van der Waals surface area contributed by atoms with Crippen LogP contribution in [0.5, 0.6) is 0 Å². The van der Waals surface area contributed by atoms with Gasteiger partial charge in [-0.2, -0.15) is 0 Å². The molecule has 4 N–H and O–H groups in total. The fraction of sp³-hybridized carbons (Fsp3) is 0.409. The molecule has 0 saturated heterocycles. The van der Waals surface area contributed by atoms with Crippen molar-refractivity contribution in [2.75, 3.05) is 6.54 Å². The van der Waals surface area contributed by atoms with Gasteiger partial charge in [0.25, 0.3) is 0 Å². The summed E-state index contributed by atoms with van der Waals surface area (Å²) < 4.78 is 0. The third-order valence-electron chi connectivity index (χ3n) is 5.01. The van der Waals surface area contributed by atoms with Crippen LogP contribution in [0, 0.1) is 0 Å². The number of benzene rings is 2. The maximum absolute atomic E-state index is 12.0. The van der Waals surface area contributed by atoms with Crippen molar-refractivity contribution in [3.05, 3.63) is 71.8 Å². The van der Waals surface area contributed by atoms with Gasteiger partial charge in [0.2, 0.25) is 5.91 Å². The number of nitrogens with two attached hydrogens (primary N) is 1. The van der Waals surface area contributed by atoms with Gasteiger partial charge in [-0.05, 0) is 36.9 Å². The highest BCUT2D eigenvalue weighted by Gasteiger charge is 2.37. The first kappa shape index (κ1) is 18.6. The summed E-state index contributed by atoms with van der Waals surface area (Å²) in [6.07, 6.45) is 3.98. The number of carbonyl (C=O) groups is 1. The summed E-state index contributed by atoms with van der Waals surface area (Å²) in [4.78, 5) is 12.0. The van der Waals surface area contributed by atoms with Gasteiger partial charge in [-0.15, -0.1) is 0 Å². The average molecular weight is 351 g/mol. The zero-order chi connectivity index (χ0) is 18.2. The Morgan fingerprint density at radius 2 is 1.73 bits per heavy atom. The van der Waals surface area contributed by atoms with E-state index in [0.717, 1.165) is 31.4 Å². The summed E-state index contributed by atoms with van der Waals surface area (Å²) in [6, 6.07) is 20.8. The normalized spacial score (nSPS) is 19.7. The molecule has 1 aliphatic rings. The van der Waals surface area contributed by atoms with E-state index in [2.05, 4.69) is 41.0 Å². The lowest BCUT2D eigenvalue weighted by Crippen LogP contribution is -2.40. The molecule has 0 aromatic heterocycles. The Bertz CT molecular complexity index is 674. The van der Waals surface area contributed by atoms with E-state index in [1.165, 1.54) is 12.0 Å². The van der Waals surface area contributed by atoms with Gasteiger partial charge in [-0.25, -0.2) is 0 Å². The number of hydrogen-bond acceptors (Lipinski definition) is 3. The number of rotatable bonds is 10. The molecule has 1 aliphatic carbocycles. The molecule has 3 rings (SSSR count). The Morgan fingerprint density at radius 1 is 1.04 bits per heavy atom. The van der Waals surface area contributed by atoms with Gasteiger partial charge in [-0.3, -0.25) is 4.79 Å². The van der Waals surface area contributed by atoms with E-state index in [4.69, 9.17) is 5.73 Å². The van der Waals surface area contributed by atoms with Crippen molar-refractivity contribution in [3.8, 4) is 0 Å². The fourth-order valence-electron chi connectivity index (χ4n) is 3.31. The maximum Gasteiger partial charge on any atom is 0.237 e. The zero-order valence-electron chi connectivity index (χ0n) is 15.2. The van der Waals surface area contributed by atoms with E-state index in [9.17, 15) is 4.79 Å². The molecule has 0 radical (unpaired) electrons. The molecule has 2 aromatic rings. The number of hydrogen-bond donors (Lipinski definition) is 3. The van der Waals surface area contributed by atoms with Gasteiger partial charge in [0, 0.05) is 18.5 Å². The van der Waals surface area contributed by atoms with Gasteiger partial charge in [0.05, 0.1) is 6.04 Å². The van der Waals surface area contributed by atoms with Crippen LogP contribution in [0.25, 0.3) is 0 Å². The summed E-state index contributed by atoms with van der Waals surface area (Å²) in [6.45, 7) is 1.53. The molecular formula is C22H29N3O. The first-order chi connectivity index (χ1) is 12.7. The Morgan fingerprint density at radius 3 is 2.46 bits per heavy atom. The van der Waals surface area contributed by atoms with Crippen LogP contribution >= 0.6 is 0 Å². The molecule has 1 amide bonds. The van der Waals surface area contributed by atoms with E-state index < -0.39 is 6.04 Å². The van der Waals surface area contributed by atoms with E-state index in [1.54, 1.807) is 0 Å². The van der Waals surface area contributed by atoms with Crippen LogP contribution in [0.15, 0.2) is 60.7 Å². The van der Waals surface area contributed by atoms with Gasteiger partial charge >= 0.3 is 0 Å². The van der Waals surface area contributed by atoms with Crippen molar-refractivity contribution in [2.24, 2.45) is 5.73 Å². The molecule has 26 heavy (non-hydrogen) atoms. The molecule has 1 fully saturated rings. The minimum Gasteiger partial charge on any atom is -0.351 e. The van der Waals surface area contributed by atoms with E-state index in [0.29, 0.717) is 18.5 Å². The first-order valence-corrected chi connectivity index (χ1v) is 9.59. The Labute approximate surface area is 156 Å². The lowest BCUT2D eigenvalue weighted by Gasteiger charge is -2.12. The summed E-state index contributed by atoms with van der Waals surface area (Å²) in [7, 11) is 0. The molecule has 2 aromatic carbocycles. The summed E-state index contributed by atoms with van der Waals surface area (Å²) in [5.41, 5.74) is 8.53. The zero-order valence-corrected chi connectivity index (χ0v) is 15.2. The monoisotopic (exact) mass is 351 g/mol. The summed E-state index contributed by atoms with van der Waals surface area (Å²) >= 11 is 0. The molecule has 0 heterocycles. The topological polar surface area (TPSA) is 67.1 Å². The van der Waals surface area contributed by atoms with Crippen LogP contribution in [0.4, 0.5) is 0 Å². The smallest absolute Gasteiger partial charge is 0.237 e. The summed E-state index contributed by atoms with van der Waals surface area (Å²) in [5, 5.41) is 6.53. The quantitative estimate of drug-likeness (QED) is 0.577.